The van der Waals surface area contributed by atoms with Gasteiger partial charge in [0.1, 0.15) is 0 Å². The molecular formula is C6H11N. The maximum atomic E-state index is 7.07. The Labute approximate surface area is 45.9 Å². The predicted molar refractivity (Wildman–Crippen MR) is 32.4 cm³/mol. The van der Waals surface area contributed by atoms with Crippen molar-refractivity contribution in [2.75, 3.05) is 0 Å². The molecule has 0 aromatic carbocycles. The Kier molecular flexibility index (Phi) is 2.03. The Morgan fingerprint density at radius 2 is 2.14 bits per heavy atom. The molecule has 0 saturated heterocycles. The third kappa shape index (κ3) is 5.70. The highest BCUT2D eigenvalue weighted by Crippen LogP contribution is 2.11. The highest BCUT2D eigenvalue weighted by Gasteiger charge is 1.99. The minimum absolute atomic E-state index is 0.674. The highest BCUT2D eigenvalue weighted by molar-refractivity contribution is 5.00. The zero-order valence-electron chi connectivity index (χ0n) is 4.54. The summed E-state index contributed by atoms with van der Waals surface area (Å²) in [6, 6.07) is 0. The van der Waals surface area contributed by atoms with Gasteiger partial charge in [0, 0.05) is 6.92 Å². The standard InChI is InChI=1S/C6H11N/c1-4-5-6(2,3)7/h7H,1-5H2. The second kappa shape index (κ2) is 2.12. The lowest BCUT2D eigenvalue weighted by molar-refractivity contribution is 0.684. The van der Waals surface area contributed by atoms with Crippen molar-refractivity contribution in [2.24, 2.45) is 0 Å². The second-order valence-corrected chi connectivity index (χ2v) is 1.88. The van der Waals surface area contributed by atoms with E-state index in [4.69, 9.17) is 5.73 Å². The van der Waals surface area contributed by atoms with Gasteiger partial charge in [-0.2, -0.15) is 0 Å². The molecule has 0 spiro atoms. The minimum Gasteiger partial charge on any atom is -0.660 e. The molecule has 0 amide bonds. The number of hydrogen-bond donors (Lipinski definition) is 0. The molecule has 0 aliphatic heterocycles. The summed E-state index contributed by atoms with van der Waals surface area (Å²) in [5, 5.41) is 0. The Morgan fingerprint density at radius 1 is 1.71 bits per heavy atom. The van der Waals surface area contributed by atoms with Crippen LogP contribution in [0.1, 0.15) is 12.8 Å². The molecule has 0 radical (unpaired) electrons. The summed E-state index contributed by atoms with van der Waals surface area (Å²) in [5.74, 6) is 0. The van der Waals surface area contributed by atoms with Gasteiger partial charge in [-0.25, -0.2) is 0 Å². The van der Waals surface area contributed by atoms with Crippen molar-refractivity contribution in [1.29, 1.82) is 0 Å². The molecule has 40 valence electrons. The van der Waals surface area contributed by atoms with E-state index in [0.717, 1.165) is 6.42 Å². The van der Waals surface area contributed by atoms with Gasteiger partial charge in [-0.15, -0.1) is 5.54 Å². The molecule has 0 saturated carbocycles. The smallest absolute Gasteiger partial charge is 0.0852 e. The lowest BCUT2D eigenvalue weighted by Crippen LogP contribution is -2.12. The number of nitrogens with one attached hydrogen (secondary N) is 1. The summed E-state index contributed by atoms with van der Waals surface area (Å²) in [6.07, 6.45) is 1.42. The molecule has 1 nitrogen and oxygen atoms in total. The van der Waals surface area contributed by atoms with E-state index >= 15 is 0 Å². The summed E-state index contributed by atoms with van der Waals surface area (Å²) in [4.78, 5) is 0. The number of rotatable bonds is 2. The topological polar surface area (TPSA) is 23.8 Å². The maximum Gasteiger partial charge on any atom is 0.0852 e. The average molecular weight is 97.2 g/mol. The van der Waals surface area contributed by atoms with Crippen LogP contribution in [0.3, 0.4) is 0 Å². The molecule has 0 atom stereocenters. The van der Waals surface area contributed by atoms with Crippen LogP contribution in [0.25, 0.3) is 5.73 Å². The zero-order valence-corrected chi connectivity index (χ0v) is 4.54. The third-order valence-electron chi connectivity index (χ3n) is 0.655. The molecule has 0 aromatic heterocycles. The van der Waals surface area contributed by atoms with Crippen molar-refractivity contribution in [3.63, 3.8) is 0 Å². The maximum absolute atomic E-state index is 7.07. The molecule has 0 rings (SSSR count). The van der Waals surface area contributed by atoms with Gasteiger partial charge < -0.3 is 12.7 Å². The summed E-state index contributed by atoms with van der Waals surface area (Å²) < 4.78 is 0. The lowest BCUT2D eigenvalue weighted by Gasteiger charge is -2.26. The van der Waals surface area contributed by atoms with Crippen LogP contribution < -0.4 is 0 Å². The molecular weight excluding hydrogens is 86.1 g/mol. The summed E-state index contributed by atoms with van der Waals surface area (Å²) in [5.41, 5.74) is 6.31. The summed E-state index contributed by atoms with van der Waals surface area (Å²) in [7, 11) is 0. The first-order chi connectivity index (χ1) is 3.06. The van der Waals surface area contributed by atoms with Crippen LogP contribution in [0.2, 0.25) is 0 Å². The first-order valence-electron chi connectivity index (χ1n) is 2.31. The molecule has 0 fully saturated rings. The second-order valence-electron chi connectivity index (χ2n) is 1.88. The molecule has 1 N–H and O–H groups in total. The molecule has 0 heterocycles. The van der Waals surface area contributed by atoms with Crippen molar-refractivity contribution >= 4 is 0 Å². The van der Waals surface area contributed by atoms with E-state index in [-0.39, 0.29) is 0 Å². The van der Waals surface area contributed by atoms with E-state index in [1.54, 1.807) is 0 Å². The van der Waals surface area contributed by atoms with Crippen molar-refractivity contribution in [2.45, 2.75) is 18.4 Å². The molecule has 7 heavy (non-hydrogen) atoms. The summed E-state index contributed by atoms with van der Waals surface area (Å²) >= 11 is 0. The van der Waals surface area contributed by atoms with Gasteiger partial charge in [0.15, 0.2) is 0 Å². The van der Waals surface area contributed by atoms with E-state index in [9.17, 15) is 0 Å². The van der Waals surface area contributed by atoms with Crippen LogP contribution in [0.5, 0.6) is 0 Å². The van der Waals surface area contributed by atoms with Crippen LogP contribution >= 0.6 is 0 Å². The van der Waals surface area contributed by atoms with E-state index < -0.39 is 5.54 Å². The lowest BCUT2D eigenvalue weighted by atomic mass is 10.0. The van der Waals surface area contributed by atoms with Crippen molar-refractivity contribution < 1.29 is 0 Å². The van der Waals surface area contributed by atoms with Crippen molar-refractivity contribution in [1.82, 2.24) is 0 Å². The van der Waals surface area contributed by atoms with Crippen LogP contribution in [0.4, 0.5) is 0 Å². The fourth-order valence-electron chi connectivity index (χ4n) is 0.338. The van der Waals surface area contributed by atoms with Crippen molar-refractivity contribution in [3.05, 3.63) is 26.5 Å². The van der Waals surface area contributed by atoms with Crippen LogP contribution in [0, 0.1) is 20.8 Å². The molecule has 0 aromatic rings. The van der Waals surface area contributed by atoms with E-state index in [2.05, 4.69) is 20.8 Å². The quantitative estimate of drug-likeness (QED) is 0.471. The largest absolute Gasteiger partial charge is 0.660 e. The van der Waals surface area contributed by atoms with E-state index in [0.29, 0.717) is 6.42 Å². The summed E-state index contributed by atoms with van der Waals surface area (Å²) in [6.45, 7) is 10.5. The van der Waals surface area contributed by atoms with Gasteiger partial charge in [0.25, 0.3) is 0 Å². The third-order valence-corrected chi connectivity index (χ3v) is 0.655. The molecule has 0 aliphatic rings. The predicted octanol–water partition coefficient (Wildman–Crippen LogP) is 2.06. The van der Waals surface area contributed by atoms with Crippen molar-refractivity contribution in [3.8, 4) is 0 Å². The highest BCUT2D eigenvalue weighted by atomic mass is 14.7. The Hall–Kier alpha value is -0.300. The molecule has 0 bridgehead atoms. The van der Waals surface area contributed by atoms with Crippen LogP contribution in [0.15, 0.2) is 0 Å². The first kappa shape index (κ1) is 6.70. The monoisotopic (exact) mass is 97.1 g/mol. The average Bonchev–Trinajstić information content (AvgIpc) is 1.30. The molecule has 0 aliphatic carbocycles. The molecule has 0 unspecified atom stereocenters. The van der Waals surface area contributed by atoms with E-state index in [1.807, 2.05) is 0 Å². The SMILES string of the molecule is [CH2+]CCC([CH2+])([CH2-])[NH-]. The normalized spacial score (nSPS) is 18.6. The van der Waals surface area contributed by atoms with Gasteiger partial charge in [-0.05, 0) is 6.42 Å². The minimum atomic E-state index is -0.762. The fraction of sp³-hybridized carbons (Fsp3) is 0.500. The number of hydrogen-bond acceptors (Lipinski definition) is 0. The van der Waals surface area contributed by atoms with Gasteiger partial charge in [-0.1, -0.05) is 0 Å². The van der Waals surface area contributed by atoms with Gasteiger partial charge in [-0.3, -0.25) is 0 Å². The van der Waals surface area contributed by atoms with E-state index in [1.165, 1.54) is 0 Å². The van der Waals surface area contributed by atoms with Crippen LogP contribution in [-0.2, 0) is 0 Å². The first-order valence-corrected chi connectivity index (χ1v) is 2.31. The Morgan fingerprint density at radius 3 is 2.14 bits per heavy atom. The van der Waals surface area contributed by atoms with Gasteiger partial charge in [0.2, 0.25) is 0 Å². The van der Waals surface area contributed by atoms with Crippen LogP contribution in [-0.4, -0.2) is 5.54 Å². The zero-order chi connectivity index (χ0) is 5.91. The fourth-order valence-corrected chi connectivity index (χ4v) is 0.338. The van der Waals surface area contributed by atoms with Gasteiger partial charge >= 0.3 is 0 Å². The molecule has 1 heteroatoms. The Bertz CT molecular complexity index is 42.6. The Balaban J connectivity index is 3.15. The van der Waals surface area contributed by atoms with Gasteiger partial charge in [0.05, 0.1) is 13.3 Å².